The van der Waals surface area contributed by atoms with E-state index in [-0.39, 0.29) is 24.0 Å². The topological polar surface area (TPSA) is 54.9 Å². The minimum atomic E-state index is 0. The highest BCUT2D eigenvalue weighted by Crippen LogP contribution is 2.37. The highest BCUT2D eigenvalue weighted by molar-refractivity contribution is 14.0. The summed E-state index contributed by atoms with van der Waals surface area (Å²) in [5.41, 5.74) is 0. The van der Waals surface area contributed by atoms with Crippen LogP contribution in [0.25, 0.3) is 0 Å². The maximum absolute atomic E-state index is 5.43. The normalized spacial score (nSPS) is 22.0. The Hall–Kier alpha value is 0.270. The molecule has 0 aliphatic carbocycles. The third kappa shape index (κ3) is 9.80. The molecule has 1 saturated heterocycles. The van der Waals surface area contributed by atoms with Crippen molar-refractivity contribution in [2.45, 2.75) is 31.4 Å². The van der Waals surface area contributed by atoms with Gasteiger partial charge in [-0.15, -0.1) is 24.0 Å². The maximum atomic E-state index is 5.43. The van der Waals surface area contributed by atoms with Gasteiger partial charge in [0.2, 0.25) is 0 Å². The van der Waals surface area contributed by atoms with Gasteiger partial charge in [0, 0.05) is 24.9 Å². The minimum absolute atomic E-state index is 0. The van der Waals surface area contributed by atoms with E-state index in [1.807, 2.05) is 11.8 Å². The first-order valence-electron chi connectivity index (χ1n) is 7.43. The Labute approximate surface area is 150 Å². The first-order valence-corrected chi connectivity index (χ1v) is 8.41. The van der Waals surface area contributed by atoms with Crippen LogP contribution < -0.4 is 10.6 Å². The monoisotopic (exact) mass is 431 g/mol. The number of hydrogen-bond donors (Lipinski definition) is 2. The van der Waals surface area contributed by atoms with Gasteiger partial charge >= 0.3 is 0 Å². The van der Waals surface area contributed by atoms with Gasteiger partial charge in [-0.2, -0.15) is 11.8 Å². The molecule has 7 heteroatoms. The van der Waals surface area contributed by atoms with Crippen LogP contribution in [0.4, 0.5) is 0 Å². The van der Waals surface area contributed by atoms with E-state index < -0.39 is 0 Å². The summed E-state index contributed by atoms with van der Waals surface area (Å²) in [6.45, 7) is 8.85. The van der Waals surface area contributed by atoms with E-state index >= 15 is 0 Å². The van der Waals surface area contributed by atoms with Gasteiger partial charge in [-0.3, -0.25) is 4.99 Å². The zero-order valence-electron chi connectivity index (χ0n) is 13.4. The average molecular weight is 431 g/mol. The molecule has 0 amide bonds. The summed E-state index contributed by atoms with van der Waals surface area (Å²) < 4.78 is 10.7. The fraction of sp³-hybridized carbons (Fsp3) is 0.929. The van der Waals surface area contributed by atoms with E-state index in [4.69, 9.17) is 14.5 Å². The second kappa shape index (κ2) is 12.8. The molecule has 1 aliphatic rings. The van der Waals surface area contributed by atoms with Crippen LogP contribution in [0.15, 0.2) is 4.99 Å². The minimum Gasteiger partial charge on any atom is -0.382 e. The van der Waals surface area contributed by atoms with E-state index in [0.717, 1.165) is 25.6 Å². The summed E-state index contributed by atoms with van der Waals surface area (Å²) in [6.07, 6.45) is 2.58. The van der Waals surface area contributed by atoms with Crippen LogP contribution in [0.5, 0.6) is 0 Å². The van der Waals surface area contributed by atoms with Gasteiger partial charge in [-0.25, -0.2) is 0 Å². The number of methoxy groups -OCH3 is 1. The van der Waals surface area contributed by atoms with Gasteiger partial charge in [0.15, 0.2) is 5.96 Å². The smallest absolute Gasteiger partial charge is 0.191 e. The molecule has 0 bridgehead atoms. The van der Waals surface area contributed by atoms with Crippen molar-refractivity contribution in [1.82, 2.24) is 10.6 Å². The molecular weight excluding hydrogens is 401 g/mol. The van der Waals surface area contributed by atoms with Gasteiger partial charge in [-0.05, 0) is 32.4 Å². The molecule has 1 rings (SSSR count). The maximum Gasteiger partial charge on any atom is 0.191 e. The Morgan fingerprint density at radius 2 is 2.10 bits per heavy atom. The van der Waals surface area contributed by atoms with Crippen LogP contribution >= 0.6 is 35.7 Å². The van der Waals surface area contributed by atoms with Gasteiger partial charge in [0.05, 0.1) is 26.4 Å². The lowest BCUT2D eigenvalue weighted by Crippen LogP contribution is -2.40. The molecular formula is C14H30IN3O2S. The first-order chi connectivity index (χ1) is 9.70. The van der Waals surface area contributed by atoms with Crippen molar-refractivity contribution >= 4 is 41.7 Å². The Balaban J connectivity index is 0.00000400. The van der Waals surface area contributed by atoms with E-state index in [2.05, 4.69) is 24.5 Å². The molecule has 0 aromatic carbocycles. The van der Waals surface area contributed by atoms with Crippen LogP contribution in [-0.2, 0) is 9.47 Å². The van der Waals surface area contributed by atoms with Gasteiger partial charge in [0.25, 0.3) is 0 Å². The van der Waals surface area contributed by atoms with Crippen LogP contribution in [0.1, 0.15) is 26.7 Å². The number of ether oxygens (including phenoxy) is 2. The lowest BCUT2D eigenvalue weighted by molar-refractivity contribution is 0.0733. The van der Waals surface area contributed by atoms with E-state index in [0.29, 0.717) is 24.6 Å². The van der Waals surface area contributed by atoms with Crippen LogP contribution in [0.3, 0.4) is 0 Å². The molecule has 21 heavy (non-hydrogen) atoms. The number of rotatable bonds is 9. The number of thioether (sulfide) groups is 1. The highest BCUT2D eigenvalue weighted by atomic mass is 127. The number of aliphatic imine (C=N–C) groups is 1. The number of nitrogens with zero attached hydrogens (tertiary/aromatic N) is 1. The van der Waals surface area contributed by atoms with Crippen molar-refractivity contribution in [3.8, 4) is 0 Å². The molecule has 2 N–H and O–H groups in total. The molecule has 1 unspecified atom stereocenters. The van der Waals surface area contributed by atoms with E-state index in [1.165, 1.54) is 18.6 Å². The molecule has 126 valence electrons. The third-order valence-electron chi connectivity index (χ3n) is 3.19. The average Bonchev–Trinajstić information content (AvgIpc) is 2.87. The van der Waals surface area contributed by atoms with E-state index in [1.54, 1.807) is 7.11 Å². The van der Waals surface area contributed by atoms with Gasteiger partial charge in [0.1, 0.15) is 0 Å². The zero-order chi connectivity index (χ0) is 14.7. The zero-order valence-corrected chi connectivity index (χ0v) is 16.6. The number of nitrogens with one attached hydrogen (secondary N) is 2. The Kier molecular flexibility index (Phi) is 12.9. The molecule has 1 atom stereocenters. The standard InChI is InChI=1S/C14H29N3O2S.HI/c1-4-15-13(16-7-8-19-10-9-18-3)17-12-14(2)6-5-11-20-14;/h4-12H2,1-3H3,(H2,15,16,17);1H. The summed E-state index contributed by atoms with van der Waals surface area (Å²) in [6, 6.07) is 0. The van der Waals surface area contributed by atoms with Crippen molar-refractivity contribution in [3.05, 3.63) is 0 Å². The van der Waals surface area contributed by atoms with Crippen LogP contribution in [-0.4, -0.2) is 63.0 Å². The van der Waals surface area contributed by atoms with Crippen molar-refractivity contribution in [3.63, 3.8) is 0 Å². The SMILES string of the molecule is CCNC(=NCC1(C)CCCS1)NCCOCCOC.I. The second-order valence-electron chi connectivity index (χ2n) is 5.13. The van der Waals surface area contributed by atoms with E-state index in [9.17, 15) is 0 Å². The number of guanidine groups is 1. The Morgan fingerprint density at radius 1 is 1.29 bits per heavy atom. The number of hydrogen-bond acceptors (Lipinski definition) is 4. The van der Waals surface area contributed by atoms with Gasteiger partial charge in [-0.1, -0.05) is 0 Å². The Bertz CT molecular complexity index is 287. The molecule has 0 spiro atoms. The third-order valence-corrected chi connectivity index (χ3v) is 4.71. The largest absolute Gasteiger partial charge is 0.382 e. The molecule has 1 heterocycles. The second-order valence-corrected chi connectivity index (χ2v) is 6.81. The highest BCUT2D eigenvalue weighted by Gasteiger charge is 2.29. The first kappa shape index (κ1) is 21.3. The summed E-state index contributed by atoms with van der Waals surface area (Å²) in [5.74, 6) is 2.15. The molecule has 1 aliphatic heterocycles. The predicted molar refractivity (Wildman–Crippen MR) is 102 cm³/mol. The van der Waals surface area contributed by atoms with Crippen LogP contribution in [0, 0.1) is 0 Å². The molecule has 0 aromatic rings. The molecule has 0 saturated carbocycles. The summed E-state index contributed by atoms with van der Waals surface area (Å²) in [5, 5.41) is 6.58. The fourth-order valence-electron chi connectivity index (χ4n) is 2.04. The van der Waals surface area contributed by atoms with Crippen molar-refractivity contribution in [2.24, 2.45) is 4.99 Å². The predicted octanol–water partition coefficient (Wildman–Crippen LogP) is 2.11. The molecule has 0 radical (unpaired) electrons. The van der Waals surface area contributed by atoms with Gasteiger partial charge < -0.3 is 20.1 Å². The molecule has 5 nitrogen and oxygen atoms in total. The van der Waals surface area contributed by atoms with Crippen molar-refractivity contribution < 1.29 is 9.47 Å². The number of halogens is 1. The molecule has 0 aromatic heterocycles. The fourth-order valence-corrected chi connectivity index (χ4v) is 3.26. The quantitative estimate of drug-likeness (QED) is 0.254. The lowest BCUT2D eigenvalue weighted by atomic mass is 10.1. The van der Waals surface area contributed by atoms with Crippen LogP contribution in [0.2, 0.25) is 0 Å². The van der Waals surface area contributed by atoms with Crippen molar-refractivity contribution in [2.75, 3.05) is 52.3 Å². The van der Waals surface area contributed by atoms with Crippen molar-refractivity contribution in [1.29, 1.82) is 0 Å². The molecule has 1 fully saturated rings. The summed E-state index contributed by atoms with van der Waals surface area (Å²) in [7, 11) is 1.68. The Morgan fingerprint density at radius 3 is 2.71 bits per heavy atom. The summed E-state index contributed by atoms with van der Waals surface area (Å²) in [4.78, 5) is 4.69. The summed E-state index contributed by atoms with van der Waals surface area (Å²) >= 11 is 2.04. The lowest BCUT2D eigenvalue weighted by Gasteiger charge is -2.21.